The zero-order chi connectivity index (χ0) is 7.28. The zero-order valence-electron chi connectivity index (χ0n) is 5.40. The molecule has 0 aliphatic rings. The van der Waals surface area contributed by atoms with Gasteiger partial charge in [0, 0.05) is 5.38 Å². The number of hydrogen-bond donors (Lipinski definition) is 0. The molecule has 0 radical (unpaired) electrons. The molecule has 0 bridgehead atoms. The van der Waals surface area contributed by atoms with Crippen LogP contribution < -0.4 is 0 Å². The molecule has 0 aromatic rings. The average molecular weight is 149 g/mol. The van der Waals surface area contributed by atoms with E-state index in [1.54, 1.807) is 0 Å². The third-order valence-electron chi connectivity index (χ3n) is 0.833. The molecule has 0 rings (SSSR count). The van der Waals surface area contributed by atoms with Crippen LogP contribution in [0.1, 0.15) is 13.3 Å². The summed E-state index contributed by atoms with van der Waals surface area (Å²) in [4.78, 5) is 0. The van der Waals surface area contributed by atoms with E-state index in [9.17, 15) is 4.39 Å². The van der Waals surface area contributed by atoms with Gasteiger partial charge in [0.15, 0.2) is 0 Å². The molecule has 0 aliphatic heterocycles. The highest BCUT2D eigenvalue weighted by Crippen LogP contribution is 2.05. The molecule has 0 aliphatic carbocycles. The lowest BCUT2D eigenvalue weighted by molar-refractivity contribution is 0.659. The number of alkyl halides is 1. The lowest BCUT2D eigenvalue weighted by Crippen LogP contribution is -1.85. The van der Waals surface area contributed by atoms with E-state index in [4.69, 9.17) is 11.6 Å². The van der Waals surface area contributed by atoms with Crippen LogP contribution in [-0.4, -0.2) is 5.38 Å². The largest absolute Gasteiger partial charge is 0.207 e. The van der Waals surface area contributed by atoms with Crippen molar-refractivity contribution in [2.75, 3.05) is 0 Å². The summed E-state index contributed by atoms with van der Waals surface area (Å²) in [6.45, 7) is 5.07. The fourth-order valence-electron chi connectivity index (χ4n) is 0.358. The summed E-state index contributed by atoms with van der Waals surface area (Å²) in [5, 5.41) is -0.00398. The van der Waals surface area contributed by atoms with Gasteiger partial charge in [-0.2, -0.15) is 0 Å². The Morgan fingerprint density at radius 1 is 1.89 bits per heavy atom. The van der Waals surface area contributed by atoms with Crippen LogP contribution in [0.5, 0.6) is 0 Å². The normalized spacial score (nSPS) is 15.2. The van der Waals surface area contributed by atoms with Crippen molar-refractivity contribution in [3.8, 4) is 0 Å². The number of allylic oxidation sites excluding steroid dienone is 3. The number of hydrogen-bond acceptors (Lipinski definition) is 0. The molecule has 0 spiro atoms. The second-order valence-electron chi connectivity index (χ2n) is 1.81. The Labute approximate surface area is 60.0 Å². The van der Waals surface area contributed by atoms with E-state index in [2.05, 4.69) is 6.58 Å². The summed E-state index contributed by atoms with van der Waals surface area (Å²) < 4.78 is 12.2. The predicted octanol–water partition coefficient (Wildman–Crippen LogP) is 3.04. The minimum absolute atomic E-state index is 0.00398. The third-order valence-corrected chi connectivity index (χ3v) is 1.01. The molecule has 9 heavy (non-hydrogen) atoms. The molecule has 1 atom stereocenters. The van der Waals surface area contributed by atoms with Crippen LogP contribution in [0.3, 0.4) is 0 Å². The Bertz CT molecular complexity index is 116. The molecule has 0 N–H and O–H groups in total. The van der Waals surface area contributed by atoms with E-state index in [0.717, 1.165) is 0 Å². The second kappa shape index (κ2) is 4.57. The quantitative estimate of drug-likeness (QED) is 0.426. The van der Waals surface area contributed by atoms with Gasteiger partial charge in [-0.1, -0.05) is 6.58 Å². The van der Waals surface area contributed by atoms with E-state index < -0.39 is 0 Å². The van der Waals surface area contributed by atoms with E-state index >= 15 is 0 Å². The standard InChI is InChI=1S/C7H10ClF/c1-3-7(9)5-4-6(2)8/h3,5-6H,1,4H2,2H3/b7-5+. The van der Waals surface area contributed by atoms with Crippen molar-refractivity contribution >= 4 is 11.6 Å². The first-order chi connectivity index (χ1) is 4.16. The van der Waals surface area contributed by atoms with Gasteiger partial charge in [0.25, 0.3) is 0 Å². The maximum absolute atomic E-state index is 12.2. The fraction of sp³-hybridized carbons (Fsp3) is 0.429. The van der Waals surface area contributed by atoms with Crippen LogP contribution in [0.4, 0.5) is 4.39 Å². The monoisotopic (exact) mass is 148 g/mol. The summed E-state index contributed by atoms with van der Waals surface area (Å²) in [6.07, 6.45) is 3.14. The van der Waals surface area contributed by atoms with Gasteiger partial charge in [0.1, 0.15) is 5.83 Å². The van der Waals surface area contributed by atoms with E-state index in [0.29, 0.717) is 6.42 Å². The Morgan fingerprint density at radius 2 is 2.44 bits per heavy atom. The second-order valence-corrected chi connectivity index (χ2v) is 2.55. The average Bonchev–Trinajstić information content (AvgIpc) is 1.83. The lowest BCUT2D eigenvalue weighted by atomic mass is 10.3. The maximum Gasteiger partial charge on any atom is 0.118 e. The van der Waals surface area contributed by atoms with Gasteiger partial charge < -0.3 is 0 Å². The molecule has 0 aromatic heterocycles. The number of rotatable bonds is 3. The smallest absolute Gasteiger partial charge is 0.118 e. The van der Waals surface area contributed by atoms with Crippen LogP contribution in [0, 0.1) is 0 Å². The van der Waals surface area contributed by atoms with E-state index in [-0.39, 0.29) is 11.2 Å². The van der Waals surface area contributed by atoms with Crippen LogP contribution in [0.15, 0.2) is 24.6 Å². The van der Waals surface area contributed by atoms with Gasteiger partial charge in [0.2, 0.25) is 0 Å². The minimum atomic E-state index is -0.303. The molecule has 0 aromatic carbocycles. The van der Waals surface area contributed by atoms with Crippen molar-refractivity contribution in [1.82, 2.24) is 0 Å². The summed E-state index contributed by atoms with van der Waals surface area (Å²) in [6, 6.07) is 0. The van der Waals surface area contributed by atoms with Gasteiger partial charge in [-0.3, -0.25) is 0 Å². The molecule has 0 nitrogen and oxygen atoms in total. The fourth-order valence-corrected chi connectivity index (χ4v) is 0.447. The Hall–Kier alpha value is -0.300. The third kappa shape index (κ3) is 5.57. The SMILES string of the molecule is C=C/C(F)=C\CC(C)Cl. The first-order valence-electron chi connectivity index (χ1n) is 2.79. The molecule has 0 heterocycles. The van der Waals surface area contributed by atoms with Crippen molar-refractivity contribution in [1.29, 1.82) is 0 Å². The van der Waals surface area contributed by atoms with Crippen molar-refractivity contribution in [2.24, 2.45) is 0 Å². The molecular formula is C7H10ClF. The maximum atomic E-state index is 12.2. The molecule has 0 saturated heterocycles. The van der Waals surface area contributed by atoms with Crippen LogP contribution >= 0.6 is 11.6 Å². The molecule has 0 fully saturated rings. The molecular weight excluding hydrogens is 139 g/mol. The van der Waals surface area contributed by atoms with Gasteiger partial charge in [-0.05, 0) is 25.5 Å². The van der Waals surface area contributed by atoms with Crippen LogP contribution in [-0.2, 0) is 0 Å². The Kier molecular flexibility index (Phi) is 4.41. The first-order valence-corrected chi connectivity index (χ1v) is 3.22. The molecule has 2 heteroatoms. The van der Waals surface area contributed by atoms with Gasteiger partial charge in [-0.15, -0.1) is 11.6 Å². The molecule has 0 amide bonds. The highest BCUT2D eigenvalue weighted by Gasteiger charge is 1.92. The van der Waals surface area contributed by atoms with Gasteiger partial charge in [-0.25, -0.2) is 4.39 Å². The topological polar surface area (TPSA) is 0 Å². The number of halogens is 2. The molecule has 1 unspecified atom stereocenters. The highest BCUT2D eigenvalue weighted by molar-refractivity contribution is 6.20. The van der Waals surface area contributed by atoms with Crippen LogP contribution in [0.2, 0.25) is 0 Å². The molecule has 0 saturated carbocycles. The highest BCUT2D eigenvalue weighted by atomic mass is 35.5. The van der Waals surface area contributed by atoms with Crippen molar-refractivity contribution in [3.63, 3.8) is 0 Å². The van der Waals surface area contributed by atoms with Crippen molar-refractivity contribution in [3.05, 3.63) is 24.6 Å². The van der Waals surface area contributed by atoms with Crippen LogP contribution in [0.25, 0.3) is 0 Å². The van der Waals surface area contributed by atoms with Gasteiger partial charge >= 0.3 is 0 Å². The van der Waals surface area contributed by atoms with Crippen molar-refractivity contribution < 1.29 is 4.39 Å². The summed E-state index contributed by atoms with van der Waals surface area (Å²) >= 11 is 5.53. The zero-order valence-corrected chi connectivity index (χ0v) is 6.16. The Balaban J connectivity index is 3.56. The minimum Gasteiger partial charge on any atom is -0.207 e. The summed E-state index contributed by atoms with van der Waals surface area (Å²) in [5.74, 6) is -0.303. The van der Waals surface area contributed by atoms with E-state index in [1.807, 2.05) is 6.92 Å². The first kappa shape index (κ1) is 8.70. The van der Waals surface area contributed by atoms with E-state index in [1.165, 1.54) is 12.2 Å². The van der Waals surface area contributed by atoms with Crippen molar-refractivity contribution in [2.45, 2.75) is 18.7 Å². The summed E-state index contributed by atoms with van der Waals surface area (Å²) in [5.41, 5.74) is 0. The Morgan fingerprint density at radius 3 is 2.78 bits per heavy atom. The van der Waals surface area contributed by atoms with Gasteiger partial charge in [0.05, 0.1) is 0 Å². The predicted molar refractivity (Wildman–Crippen MR) is 39.3 cm³/mol. The lowest BCUT2D eigenvalue weighted by Gasteiger charge is -1.93. The molecule has 52 valence electrons. The summed E-state index contributed by atoms with van der Waals surface area (Å²) in [7, 11) is 0.